The first-order chi connectivity index (χ1) is 8.54. The van der Waals surface area contributed by atoms with E-state index in [2.05, 4.69) is 4.74 Å². The molecule has 3 unspecified atom stereocenters. The number of nitrogens with zero attached hydrogens (tertiary/aromatic N) is 1. The molecule has 2 fully saturated rings. The van der Waals surface area contributed by atoms with Crippen LogP contribution in [0.25, 0.3) is 0 Å². The minimum atomic E-state index is -0.725. The standard InChI is InChI=1S/C11H15NO6/c1-6(13)17-4-3-7-10(11(15)16-2)12-8(14)5-9(12)18-7/h7,9-10H,3-5H2,1-2H3. The molecular weight excluding hydrogens is 242 g/mol. The topological polar surface area (TPSA) is 82.1 Å². The van der Waals surface area contributed by atoms with E-state index >= 15 is 0 Å². The lowest BCUT2D eigenvalue weighted by Gasteiger charge is -2.35. The number of hydrogen-bond donors (Lipinski definition) is 0. The smallest absolute Gasteiger partial charge is 0.331 e. The van der Waals surface area contributed by atoms with Crippen LogP contribution in [0, 0.1) is 0 Å². The van der Waals surface area contributed by atoms with Gasteiger partial charge in [-0.1, -0.05) is 0 Å². The van der Waals surface area contributed by atoms with Gasteiger partial charge >= 0.3 is 11.9 Å². The largest absolute Gasteiger partial charge is 0.467 e. The van der Waals surface area contributed by atoms with Gasteiger partial charge in [-0.3, -0.25) is 14.5 Å². The van der Waals surface area contributed by atoms with Crippen LogP contribution in [-0.4, -0.2) is 54.8 Å². The molecule has 1 amide bonds. The van der Waals surface area contributed by atoms with E-state index in [1.165, 1.54) is 18.9 Å². The number of ether oxygens (including phenoxy) is 3. The second-order valence-electron chi connectivity index (χ2n) is 4.23. The van der Waals surface area contributed by atoms with Crippen LogP contribution in [0.2, 0.25) is 0 Å². The highest BCUT2D eigenvalue weighted by Crippen LogP contribution is 2.35. The van der Waals surface area contributed by atoms with Crippen LogP contribution in [0.1, 0.15) is 19.8 Å². The second kappa shape index (κ2) is 4.93. The number of carbonyl (C=O) groups is 3. The Balaban J connectivity index is 1.98. The molecule has 0 radical (unpaired) electrons. The van der Waals surface area contributed by atoms with Crippen LogP contribution >= 0.6 is 0 Å². The third kappa shape index (κ3) is 2.17. The average molecular weight is 257 g/mol. The van der Waals surface area contributed by atoms with Crippen molar-refractivity contribution in [1.29, 1.82) is 0 Å². The summed E-state index contributed by atoms with van der Waals surface area (Å²) in [6.07, 6.45) is -0.172. The van der Waals surface area contributed by atoms with E-state index < -0.39 is 18.1 Å². The van der Waals surface area contributed by atoms with Crippen molar-refractivity contribution < 1.29 is 28.6 Å². The Morgan fingerprint density at radius 1 is 1.50 bits per heavy atom. The lowest BCUT2D eigenvalue weighted by atomic mass is 10.0. The summed E-state index contributed by atoms with van der Waals surface area (Å²) in [6.45, 7) is 1.46. The lowest BCUT2D eigenvalue weighted by molar-refractivity contribution is -0.164. The molecule has 0 aromatic rings. The van der Waals surface area contributed by atoms with Gasteiger partial charge in [0.05, 0.1) is 26.2 Å². The van der Waals surface area contributed by atoms with Gasteiger partial charge in [0, 0.05) is 13.3 Å². The van der Waals surface area contributed by atoms with Crippen molar-refractivity contribution in [3.8, 4) is 0 Å². The maximum absolute atomic E-state index is 11.7. The summed E-state index contributed by atoms with van der Waals surface area (Å²) in [5, 5.41) is 0. The SMILES string of the molecule is COC(=O)C1C(CCOC(C)=O)OC2CC(=O)N21. The van der Waals surface area contributed by atoms with Gasteiger partial charge < -0.3 is 14.2 Å². The third-order valence-corrected chi connectivity index (χ3v) is 3.08. The maximum Gasteiger partial charge on any atom is 0.331 e. The fourth-order valence-electron chi connectivity index (χ4n) is 2.24. The summed E-state index contributed by atoms with van der Waals surface area (Å²) >= 11 is 0. The molecule has 100 valence electrons. The first-order valence-electron chi connectivity index (χ1n) is 5.72. The Bertz CT molecular complexity index is 382. The molecule has 2 aliphatic rings. The van der Waals surface area contributed by atoms with E-state index in [0.29, 0.717) is 6.42 Å². The van der Waals surface area contributed by atoms with E-state index in [9.17, 15) is 14.4 Å². The van der Waals surface area contributed by atoms with Gasteiger partial charge in [0.15, 0.2) is 6.04 Å². The summed E-state index contributed by atoms with van der Waals surface area (Å²) < 4.78 is 15.0. The molecule has 0 aliphatic carbocycles. The molecule has 0 bridgehead atoms. The van der Waals surface area contributed by atoms with Crippen molar-refractivity contribution in [2.45, 2.75) is 38.1 Å². The Labute approximate surface area is 104 Å². The molecule has 0 aromatic heterocycles. The van der Waals surface area contributed by atoms with E-state index in [0.717, 1.165) is 0 Å². The van der Waals surface area contributed by atoms with Crippen molar-refractivity contribution in [2.75, 3.05) is 13.7 Å². The predicted molar refractivity (Wildman–Crippen MR) is 57.2 cm³/mol. The highest BCUT2D eigenvalue weighted by Gasteiger charge is 2.55. The van der Waals surface area contributed by atoms with Crippen molar-refractivity contribution in [3.05, 3.63) is 0 Å². The van der Waals surface area contributed by atoms with Gasteiger partial charge in [-0.2, -0.15) is 0 Å². The molecule has 0 saturated carbocycles. The summed E-state index contributed by atoms with van der Waals surface area (Å²) in [5.74, 6) is -1.01. The van der Waals surface area contributed by atoms with E-state index in [1.54, 1.807) is 0 Å². The summed E-state index contributed by atoms with van der Waals surface area (Å²) in [4.78, 5) is 35.1. The number of amides is 1. The number of methoxy groups -OCH3 is 1. The fourth-order valence-corrected chi connectivity index (χ4v) is 2.24. The van der Waals surface area contributed by atoms with E-state index in [-0.39, 0.29) is 31.1 Å². The first-order valence-corrected chi connectivity index (χ1v) is 5.72. The molecule has 7 nitrogen and oxygen atoms in total. The van der Waals surface area contributed by atoms with Gasteiger partial charge in [-0.05, 0) is 0 Å². The number of esters is 2. The Morgan fingerprint density at radius 2 is 2.22 bits per heavy atom. The quantitative estimate of drug-likeness (QED) is 0.496. The minimum Gasteiger partial charge on any atom is -0.467 e. The molecule has 2 heterocycles. The molecule has 2 saturated heterocycles. The van der Waals surface area contributed by atoms with Crippen molar-refractivity contribution in [3.63, 3.8) is 0 Å². The van der Waals surface area contributed by atoms with Crippen LogP contribution < -0.4 is 0 Å². The third-order valence-electron chi connectivity index (χ3n) is 3.08. The molecule has 2 rings (SSSR count). The van der Waals surface area contributed by atoms with Crippen LogP contribution in [0.5, 0.6) is 0 Å². The van der Waals surface area contributed by atoms with Gasteiger partial charge in [0.2, 0.25) is 5.91 Å². The van der Waals surface area contributed by atoms with Crippen molar-refractivity contribution in [2.24, 2.45) is 0 Å². The summed E-state index contributed by atoms with van der Waals surface area (Å²) in [7, 11) is 1.27. The zero-order chi connectivity index (χ0) is 13.3. The second-order valence-corrected chi connectivity index (χ2v) is 4.23. The molecule has 3 atom stereocenters. The normalized spacial score (nSPS) is 29.6. The highest BCUT2D eigenvalue weighted by atomic mass is 16.6. The zero-order valence-electron chi connectivity index (χ0n) is 10.3. The molecular formula is C11H15NO6. The molecule has 0 N–H and O–H groups in total. The molecule has 2 aliphatic heterocycles. The van der Waals surface area contributed by atoms with Crippen LogP contribution in [-0.2, 0) is 28.6 Å². The van der Waals surface area contributed by atoms with Gasteiger partial charge in [-0.25, -0.2) is 4.79 Å². The van der Waals surface area contributed by atoms with Gasteiger partial charge in [0.25, 0.3) is 0 Å². The van der Waals surface area contributed by atoms with Crippen molar-refractivity contribution >= 4 is 17.8 Å². The zero-order valence-corrected chi connectivity index (χ0v) is 10.3. The minimum absolute atomic E-state index is 0.120. The lowest BCUT2D eigenvalue weighted by Crippen LogP contribution is -2.56. The van der Waals surface area contributed by atoms with E-state index in [4.69, 9.17) is 9.47 Å². The predicted octanol–water partition coefficient (Wildman–Crippen LogP) is -0.562. The number of carbonyl (C=O) groups excluding carboxylic acids is 3. The number of rotatable bonds is 4. The molecule has 0 aromatic carbocycles. The van der Waals surface area contributed by atoms with Gasteiger partial charge in [0.1, 0.15) is 6.23 Å². The summed E-state index contributed by atoms with van der Waals surface area (Å²) in [6, 6.07) is -0.725. The molecule has 0 spiro atoms. The Kier molecular flexibility index (Phi) is 3.51. The van der Waals surface area contributed by atoms with Crippen LogP contribution in [0.3, 0.4) is 0 Å². The van der Waals surface area contributed by atoms with E-state index in [1.807, 2.05) is 0 Å². The van der Waals surface area contributed by atoms with Gasteiger partial charge in [-0.15, -0.1) is 0 Å². The average Bonchev–Trinajstić information content (AvgIpc) is 2.60. The summed E-state index contributed by atoms with van der Waals surface area (Å²) in [5.41, 5.74) is 0. The Hall–Kier alpha value is -1.63. The number of β-lactam (4-membered cyclic amide) rings is 1. The van der Waals surface area contributed by atoms with Crippen LogP contribution in [0.4, 0.5) is 0 Å². The molecule has 7 heteroatoms. The Morgan fingerprint density at radius 3 is 2.78 bits per heavy atom. The first kappa shape index (κ1) is 12.8. The monoisotopic (exact) mass is 257 g/mol. The molecule has 18 heavy (non-hydrogen) atoms. The maximum atomic E-state index is 11.7. The number of fused-ring (bicyclic) bond motifs is 1. The highest BCUT2D eigenvalue weighted by molar-refractivity contribution is 5.90. The van der Waals surface area contributed by atoms with Crippen molar-refractivity contribution in [1.82, 2.24) is 4.90 Å². The van der Waals surface area contributed by atoms with Crippen LogP contribution in [0.15, 0.2) is 0 Å². The fraction of sp³-hybridized carbons (Fsp3) is 0.727. The number of hydrogen-bond acceptors (Lipinski definition) is 6.